The summed E-state index contributed by atoms with van der Waals surface area (Å²) in [4.78, 5) is 0. The Kier molecular flexibility index (Phi) is 4.75. The van der Waals surface area contributed by atoms with Gasteiger partial charge in [0.05, 0.1) is 22.0 Å². The van der Waals surface area contributed by atoms with Crippen LogP contribution in [-0.2, 0) is 13.0 Å². The molecule has 0 aromatic carbocycles. The van der Waals surface area contributed by atoms with Gasteiger partial charge in [-0.25, -0.2) is 0 Å². The Morgan fingerprint density at radius 3 is 2.62 bits per heavy atom. The van der Waals surface area contributed by atoms with E-state index in [1.165, 1.54) is 6.42 Å². The highest BCUT2D eigenvalue weighted by atomic mass is 35.5. The van der Waals surface area contributed by atoms with Gasteiger partial charge in [-0.2, -0.15) is 5.10 Å². The van der Waals surface area contributed by atoms with E-state index >= 15 is 0 Å². The van der Waals surface area contributed by atoms with Crippen LogP contribution in [0.1, 0.15) is 64.8 Å². The molecule has 1 fully saturated rings. The van der Waals surface area contributed by atoms with E-state index in [1.807, 2.05) is 11.6 Å². The number of hydrogen-bond donors (Lipinski definition) is 1. The highest BCUT2D eigenvalue weighted by Crippen LogP contribution is 2.46. The van der Waals surface area contributed by atoms with Crippen molar-refractivity contribution in [2.45, 2.75) is 78.9 Å². The van der Waals surface area contributed by atoms with Crippen LogP contribution in [0.3, 0.4) is 0 Å². The van der Waals surface area contributed by atoms with Crippen molar-refractivity contribution in [2.24, 2.45) is 11.3 Å². The lowest BCUT2D eigenvalue weighted by molar-refractivity contribution is -0.0899. The molecule has 21 heavy (non-hydrogen) atoms. The fourth-order valence-corrected chi connectivity index (χ4v) is 4.20. The number of aryl methyl sites for hydroxylation is 2. The van der Waals surface area contributed by atoms with Crippen LogP contribution in [0.5, 0.6) is 0 Å². The van der Waals surface area contributed by atoms with Gasteiger partial charge in [-0.1, -0.05) is 45.2 Å². The van der Waals surface area contributed by atoms with Gasteiger partial charge in [-0.05, 0) is 38.0 Å². The highest BCUT2D eigenvalue weighted by Gasteiger charge is 2.45. The molecule has 2 atom stereocenters. The summed E-state index contributed by atoms with van der Waals surface area (Å²) in [6.45, 7) is 11.5. The van der Waals surface area contributed by atoms with Crippen molar-refractivity contribution in [2.75, 3.05) is 0 Å². The van der Waals surface area contributed by atoms with Gasteiger partial charge in [0.2, 0.25) is 0 Å². The molecule has 1 heterocycles. The molecule has 4 heteroatoms. The lowest BCUT2D eigenvalue weighted by atomic mass is 9.62. The van der Waals surface area contributed by atoms with E-state index in [-0.39, 0.29) is 5.41 Å². The van der Waals surface area contributed by atoms with Crippen LogP contribution in [-0.4, -0.2) is 20.5 Å². The first-order chi connectivity index (χ1) is 9.69. The molecule has 0 radical (unpaired) electrons. The second-order valence-corrected chi connectivity index (χ2v) is 7.98. The van der Waals surface area contributed by atoms with Crippen molar-refractivity contribution < 1.29 is 5.11 Å². The summed E-state index contributed by atoms with van der Waals surface area (Å²) in [6.07, 6.45) is 4.88. The summed E-state index contributed by atoms with van der Waals surface area (Å²) in [7, 11) is 0. The Balaban J connectivity index is 2.35. The fourth-order valence-electron chi connectivity index (χ4n) is 4.00. The van der Waals surface area contributed by atoms with Gasteiger partial charge < -0.3 is 5.11 Å². The summed E-state index contributed by atoms with van der Waals surface area (Å²) in [5, 5.41) is 16.6. The van der Waals surface area contributed by atoms with E-state index in [1.54, 1.807) is 0 Å². The minimum absolute atomic E-state index is 0.105. The standard InChI is InChI=1S/C17H29ClN2O/c1-6-20-13(15(18)12(2)19-20)11-17(21)10-8-7-9-14(17)16(3,4)5/h14,21H,6-11H2,1-5H3. The van der Waals surface area contributed by atoms with E-state index in [2.05, 4.69) is 32.8 Å². The zero-order chi connectivity index (χ0) is 15.8. The summed E-state index contributed by atoms with van der Waals surface area (Å²) in [5.74, 6) is 0.301. The van der Waals surface area contributed by atoms with Crippen LogP contribution in [0.25, 0.3) is 0 Å². The minimum atomic E-state index is -0.667. The number of aromatic nitrogens is 2. The maximum absolute atomic E-state index is 11.4. The molecular weight excluding hydrogens is 284 g/mol. The lowest BCUT2D eigenvalue weighted by Crippen LogP contribution is -2.48. The molecular formula is C17H29ClN2O. The summed E-state index contributed by atoms with van der Waals surface area (Å²) in [6, 6.07) is 0. The monoisotopic (exact) mass is 312 g/mol. The van der Waals surface area contributed by atoms with Gasteiger partial charge in [0, 0.05) is 13.0 Å². The number of hydrogen-bond acceptors (Lipinski definition) is 2. The van der Waals surface area contributed by atoms with Gasteiger partial charge in [0.1, 0.15) is 0 Å². The zero-order valence-corrected chi connectivity index (χ0v) is 14.8. The molecule has 3 nitrogen and oxygen atoms in total. The zero-order valence-electron chi connectivity index (χ0n) is 14.0. The predicted molar refractivity (Wildman–Crippen MR) is 87.7 cm³/mol. The van der Waals surface area contributed by atoms with Crippen molar-refractivity contribution in [3.05, 3.63) is 16.4 Å². The van der Waals surface area contributed by atoms with Crippen molar-refractivity contribution in [3.8, 4) is 0 Å². The second-order valence-electron chi connectivity index (χ2n) is 7.61. The molecule has 1 aliphatic rings. The Hall–Kier alpha value is -0.540. The molecule has 2 rings (SSSR count). The first-order valence-corrected chi connectivity index (χ1v) is 8.51. The predicted octanol–water partition coefficient (Wildman–Crippen LogP) is 4.37. The molecule has 0 bridgehead atoms. The van der Waals surface area contributed by atoms with Crippen molar-refractivity contribution in [3.63, 3.8) is 0 Å². The van der Waals surface area contributed by atoms with Gasteiger partial charge in [-0.15, -0.1) is 0 Å². The molecule has 120 valence electrons. The van der Waals surface area contributed by atoms with Crippen LogP contribution in [0.2, 0.25) is 5.02 Å². The van der Waals surface area contributed by atoms with Crippen molar-refractivity contribution >= 4 is 11.6 Å². The van der Waals surface area contributed by atoms with Gasteiger partial charge in [0.25, 0.3) is 0 Å². The van der Waals surface area contributed by atoms with Gasteiger partial charge in [0.15, 0.2) is 0 Å². The summed E-state index contributed by atoms with van der Waals surface area (Å²) >= 11 is 6.44. The molecule has 1 aliphatic carbocycles. The molecule has 1 aromatic rings. The summed E-state index contributed by atoms with van der Waals surface area (Å²) < 4.78 is 1.95. The Labute approximate surface area is 133 Å². The Bertz CT molecular complexity index is 504. The quantitative estimate of drug-likeness (QED) is 0.899. The van der Waals surface area contributed by atoms with Gasteiger partial charge in [-0.3, -0.25) is 4.68 Å². The molecule has 1 aromatic heterocycles. The van der Waals surface area contributed by atoms with Crippen LogP contribution in [0.4, 0.5) is 0 Å². The maximum atomic E-state index is 11.4. The third-order valence-electron chi connectivity index (χ3n) is 4.97. The van der Waals surface area contributed by atoms with E-state index in [9.17, 15) is 5.11 Å². The third-order valence-corrected chi connectivity index (χ3v) is 5.46. The SMILES string of the molecule is CCn1nc(C)c(Cl)c1CC1(O)CCCCC1C(C)(C)C. The average molecular weight is 313 g/mol. The van der Waals surface area contributed by atoms with Crippen LogP contribution >= 0.6 is 11.6 Å². The number of nitrogens with zero attached hydrogens (tertiary/aromatic N) is 2. The smallest absolute Gasteiger partial charge is 0.0848 e. The van der Waals surface area contributed by atoms with E-state index in [0.717, 1.165) is 42.2 Å². The van der Waals surface area contributed by atoms with Crippen LogP contribution in [0.15, 0.2) is 0 Å². The Morgan fingerprint density at radius 2 is 2.05 bits per heavy atom. The van der Waals surface area contributed by atoms with E-state index in [0.29, 0.717) is 12.3 Å². The molecule has 1 saturated carbocycles. The normalized spacial score (nSPS) is 27.1. The largest absolute Gasteiger partial charge is 0.389 e. The van der Waals surface area contributed by atoms with E-state index < -0.39 is 5.60 Å². The molecule has 2 unspecified atom stereocenters. The van der Waals surface area contributed by atoms with E-state index in [4.69, 9.17) is 11.6 Å². The Morgan fingerprint density at radius 1 is 1.38 bits per heavy atom. The summed E-state index contributed by atoms with van der Waals surface area (Å²) in [5.41, 5.74) is 1.29. The highest BCUT2D eigenvalue weighted by molar-refractivity contribution is 6.31. The number of rotatable bonds is 3. The van der Waals surface area contributed by atoms with Gasteiger partial charge >= 0.3 is 0 Å². The minimum Gasteiger partial charge on any atom is -0.389 e. The number of aliphatic hydroxyl groups is 1. The first-order valence-electron chi connectivity index (χ1n) is 8.13. The lowest BCUT2D eigenvalue weighted by Gasteiger charge is -2.47. The molecule has 0 amide bonds. The first kappa shape index (κ1) is 16.8. The molecule has 0 spiro atoms. The number of halogens is 1. The molecule has 0 saturated heterocycles. The second kappa shape index (κ2) is 5.92. The fraction of sp³-hybridized carbons (Fsp3) is 0.824. The molecule has 0 aliphatic heterocycles. The topological polar surface area (TPSA) is 38.0 Å². The van der Waals surface area contributed by atoms with Crippen molar-refractivity contribution in [1.29, 1.82) is 0 Å². The van der Waals surface area contributed by atoms with Crippen LogP contribution < -0.4 is 0 Å². The van der Waals surface area contributed by atoms with Crippen LogP contribution in [0, 0.1) is 18.3 Å². The average Bonchev–Trinajstić information content (AvgIpc) is 2.65. The molecule has 1 N–H and O–H groups in total. The maximum Gasteiger partial charge on any atom is 0.0848 e. The van der Waals surface area contributed by atoms with Crippen molar-refractivity contribution in [1.82, 2.24) is 9.78 Å². The third kappa shape index (κ3) is 3.29.